The molecule has 0 spiro atoms. The molecular weight excluding hydrogens is 352 g/mol. The third-order valence-corrected chi connectivity index (χ3v) is 5.73. The predicted octanol–water partition coefficient (Wildman–Crippen LogP) is 2.46. The smallest absolute Gasteiger partial charge is 0.254 e. The van der Waals surface area contributed by atoms with Crippen LogP contribution in [-0.2, 0) is 4.79 Å². The van der Waals surface area contributed by atoms with E-state index in [-0.39, 0.29) is 11.9 Å². The third kappa shape index (κ3) is 3.30. The lowest BCUT2D eigenvalue weighted by Crippen LogP contribution is -2.49. The van der Waals surface area contributed by atoms with Crippen LogP contribution < -0.4 is 5.32 Å². The Morgan fingerprint density at radius 1 is 1.14 bits per heavy atom. The fourth-order valence-electron chi connectivity index (χ4n) is 3.92. The Morgan fingerprint density at radius 3 is 2.46 bits per heavy atom. The van der Waals surface area contributed by atoms with E-state index >= 15 is 0 Å². The van der Waals surface area contributed by atoms with Gasteiger partial charge in [0.2, 0.25) is 5.95 Å². The largest absolute Gasteiger partial charge is 0.336 e. The minimum Gasteiger partial charge on any atom is -0.336 e. The summed E-state index contributed by atoms with van der Waals surface area (Å²) in [5.74, 6) is 1.22. The monoisotopic (exact) mass is 380 g/mol. The zero-order valence-electron chi connectivity index (χ0n) is 17.0. The number of nitrogens with one attached hydrogen (secondary N) is 1. The summed E-state index contributed by atoms with van der Waals surface area (Å²) < 4.78 is 1.82. The molecule has 1 saturated heterocycles. The van der Waals surface area contributed by atoms with Crippen molar-refractivity contribution in [1.82, 2.24) is 24.6 Å². The Kier molecular flexibility index (Phi) is 4.93. The SMILES string of the molecule is CC1=C(C(=O)N2CCN(C)CC2)[C@H](c2ccc(C(C)C)cc2)n2ncnc2N1. The van der Waals surface area contributed by atoms with E-state index in [4.69, 9.17) is 0 Å². The van der Waals surface area contributed by atoms with Crippen molar-refractivity contribution in [3.63, 3.8) is 0 Å². The summed E-state index contributed by atoms with van der Waals surface area (Å²) in [5, 5.41) is 7.69. The quantitative estimate of drug-likeness (QED) is 0.886. The lowest BCUT2D eigenvalue weighted by atomic mass is 9.92. The lowest BCUT2D eigenvalue weighted by molar-refractivity contribution is -0.129. The van der Waals surface area contributed by atoms with Crippen LogP contribution in [0.2, 0.25) is 0 Å². The van der Waals surface area contributed by atoms with Crippen molar-refractivity contribution in [2.24, 2.45) is 0 Å². The number of benzene rings is 1. The highest BCUT2D eigenvalue weighted by Gasteiger charge is 2.36. The number of fused-ring (bicyclic) bond motifs is 1. The van der Waals surface area contributed by atoms with Crippen molar-refractivity contribution in [1.29, 1.82) is 0 Å². The van der Waals surface area contributed by atoms with Crippen LogP contribution in [0.1, 0.15) is 43.9 Å². The van der Waals surface area contributed by atoms with Gasteiger partial charge < -0.3 is 15.1 Å². The van der Waals surface area contributed by atoms with E-state index in [0.29, 0.717) is 11.9 Å². The van der Waals surface area contributed by atoms with Gasteiger partial charge in [-0.05, 0) is 31.0 Å². The van der Waals surface area contributed by atoms with Gasteiger partial charge in [-0.1, -0.05) is 38.1 Å². The van der Waals surface area contributed by atoms with Crippen LogP contribution in [0.25, 0.3) is 0 Å². The van der Waals surface area contributed by atoms with Crippen LogP contribution in [-0.4, -0.2) is 63.7 Å². The predicted molar refractivity (Wildman–Crippen MR) is 109 cm³/mol. The fourth-order valence-corrected chi connectivity index (χ4v) is 3.92. The molecule has 7 nitrogen and oxygen atoms in total. The maximum absolute atomic E-state index is 13.5. The maximum Gasteiger partial charge on any atom is 0.254 e. The van der Waals surface area contributed by atoms with Gasteiger partial charge in [0.25, 0.3) is 5.91 Å². The zero-order valence-corrected chi connectivity index (χ0v) is 17.0. The van der Waals surface area contributed by atoms with Crippen molar-refractivity contribution in [3.8, 4) is 0 Å². The van der Waals surface area contributed by atoms with Gasteiger partial charge in [0.15, 0.2) is 0 Å². The highest BCUT2D eigenvalue weighted by molar-refractivity contribution is 5.96. The van der Waals surface area contributed by atoms with Gasteiger partial charge in [0.1, 0.15) is 12.4 Å². The van der Waals surface area contributed by atoms with Crippen LogP contribution >= 0.6 is 0 Å². The highest BCUT2D eigenvalue weighted by Crippen LogP contribution is 2.36. The number of rotatable bonds is 3. The normalized spacial score (nSPS) is 20.3. The summed E-state index contributed by atoms with van der Waals surface area (Å²) in [5.41, 5.74) is 3.93. The molecule has 1 amide bonds. The number of anilines is 1. The number of nitrogens with zero attached hydrogens (tertiary/aromatic N) is 5. The second kappa shape index (κ2) is 7.39. The molecule has 0 saturated carbocycles. The average Bonchev–Trinajstić information content (AvgIpc) is 3.15. The molecule has 2 aromatic rings. The van der Waals surface area contributed by atoms with Crippen molar-refractivity contribution in [2.75, 3.05) is 38.5 Å². The molecule has 0 unspecified atom stereocenters. The molecular formula is C21H28N6O. The first-order valence-electron chi connectivity index (χ1n) is 9.90. The number of aromatic nitrogens is 3. The van der Waals surface area contributed by atoms with E-state index in [2.05, 4.69) is 65.5 Å². The van der Waals surface area contributed by atoms with E-state index in [1.165, 1.54) is 11.9 Å². The summed E-state index contributed by atoms with van der Waals surface area (Å²) in [6.45, 7) is 9.60. The summed E-state index contributed by atoms with van der Waals surface area (Å²) in [6.07, 6.45) is 1.54. The number of piperazine rings is 1. The average molecular weight is 380 g/mol. The molecule has 4 rings (SSSR count). The van der Waals surface area contributed by atoms with Crippen molar-refractivity contribution in [2.45, 2.75) is 32.7 Å². The Labute approximate surface area is 166 Å². The first-order chi connectivity index (χ1) is 13.5. The zero-order chi connectivity index (χ0) is 19.8. The summed E-state index contributed by atoms with van der Waals surface area (Å²) >= 11 is 0. The molecule has 1 fully saturated rings. The van der Waals surface area contributed by atoms with Gasteiger partial charge in [0.05, 0.1) is 5.57 Å². The molecule has 0 aliphatic carbocycles. The molecule has 1 atom stereocenters. The summed E-state index contributed by atoms with van der Waals surface area (Å²) in [6, 6.07) is 8.24. The number of carbonyl (C=O) groups excluding carboxylic acids is 1. The summed E-state index contributed by atoms with van der Waals surface area (Å²) in [4.78, 5) is 22.0. The molecule has 2 aliphatic rings. The van der Waals surface area contributed by atoms with Gasteiger partial charge in [-0.25, -0.2) is 4.68 Å². The topological polar surface area (TPSA) is 66.3 Å². The summed E-state index contributed by atoms with van der Waals surface area (Å²) in [7, 11) is 2.09. The number of allylic oxidation sites excluding steroid dienone is 1. The van der Waals surface area contributed by atoms with E-state index in [1.807, 2.05) is 16.5 Å². The first-order valence-corrected chi connectivity index (χ1v) is 9.90. The Balaban J connectivity index is 1.73. The van der Waals surface area contributed by atoms with E-state index in [1.54, 1.807) is 0 Å². The minimum absolute atomic E-state index is 0.0807. The molecule has 7 heteroatoms. The molecule has 0 bridgehead atoms. The number of hydrogen-bond acceptors (Lipinski definition) is 5. The second-order valence-electron chi connectivity index (χ2n) is 8.01. The number of likely N-dealkylation sites (N-methyl/N-ethyl adjacent to an activating group) is 1. The molecule has 148 valence electrons. The standard InChI is InChI=1S/C21H28N6O/c1-14(2)16-5-7-17(8-6-16)19-18(15(3)24-21-22-13-23-27(19)21)20(28)26-11-9-25(4)10-12-26/h5-8,13-14,19H,9-12H2,1-4H3,(H,22,23,24)/t19-/m0/s1. The molecule has 1 N–H and O–H groups in total. The van der Waals surface area contributed by atoms with Gasteiger partial charge in [-0.15, -0.1) is 0 Å². The first kappa shape index (κ1) is 18.7. The van der Waals surface area contributed by atoms with Gasteiger partial charge in [0, 0.05) is 31.9 Å². The molecule has 2 aliphatic heterocycles. The second-order valence-corrected chi connectivity index (χ2v) is 8.01. The van der Waals surface area contributed by atoms with E-state index < -0.39 is 0 Å². The van der Waals surface area contributed by atoms with Crippen LogP contribution in [0.4, 0.5) is 5.95 Å². The lowest BCUT2D eigenvalue weighted by Gasteiger charge is -2.36. The fraction of sp³-hybridized carbons (Fsp3) is 0.476. The third-order valence-electron chi connectivity index (χ3n) is 5.73. The van der Waals surface area contributed by atoms with Crippen LogP contribution in [0.5, 0.6) is 0 Å². The van der Waals surface area contributed by atoms with Crippen LogP contribution in [0, 0.1) is 0 Å². The van der Waals surface area contributed by atoms with Crippen molar-refractivity contribution in [3.05, 3.63) is 53.0 Å². The van der Waals surface area contributed by atoms with Gasteiger partial charge in [-0.3, -0.25) is 4.79 Å². The van der Waals surface area contributed by atoms with Gasteiger partial charge in [-0.2, -0.15) is 10.1 Å². The van der Waals surface area contributed by atoms with Crippen LogP contribution in [0.15, 0.2) is 41.9 Å². The maximum atomic E-state index is 13.5. The van der Waals surface area contributed by atoms with Crippen molar-refractivity contribution >= 4 is 11.9 Å². The van der Waals surface area contributed by atoms with Crippen molar-refractivity contribution < 1.29 is 4.79 Å². The number of carbonyl (C=O) groups is 1. The van der Waals surface area contributed by atoms with E-state index in [9.17, 15) is 4.79 Å². The molecule has 28 heavy (non-hydrogen) atoms. The Morgan fingerprint density at radius 2 is 1.82 bits per heavy atom. The van der Waals surface area contributed by atoms with E-state index in [0.717, 1.165) is 43.0 Å². The van der Waals surface area contributed by atoms with Crippen LogP contribution in [0.3, 0.4) is 0 Å². The Bertz CT molecular complexity index is 890. The number of hydrogen-bond donors (Lipinski definition) is 1. The highest BCUT2D eigenvalue weighted by atomic mass is 16.2. The number of amides is 1. The molecule has 3 heterocycles. The van der Waals surface area contributed by atoms with Gasteiger partial charge >= 0.3 is 0 Å². The molecule has 1 aromatic heterocycles. The molecule has 1 aromatic carbocycles. The molecule has 0 radical (unpaired) electrons. The Hall–Kier alpha value is -2.67. The minimum atomic E-state index is -0.271.